The van der Waals surface area contributed by atoms with Gasteiger partial charge < -0.3 is 11.1 Å². The third-order valence-electron chi connectivity index (χ3n) is 2.46. The molecule has 3 nitrogen and oxygen atoms in total. The number of rotatable bonds is 4. The van der Waals surface area contributed by atoms with Crippen LogP contribution in [0.4, 0.5) is 8.78 Å². The van der Waals surface area contributed by atoms with Crippen LogP contribution in [0.25, 0.3) is 10.1 Å². The molecule has 1 aromatic heterocycles. The molecule has 7 heteroatoms. The molecule has 0 spiro atoms. The first-order valence-corrected chi connectivity index (χ1v) is 6.18. The number of fused-ring (bicyclic) bond motifs is 1. The maximum absolute atomic E-state index is 12.9. The van der Waals surface area contributed by atoms with E-state index in [9.17, 15) is 13.6 Å². The van der Waals surface area contributed by atoms with Crippen LogP contribution < -0.4 is 11.1 Å². The van der Waals surface area contributed by atoms with Crippen LogP contribution in [0.15, 0.2) is 30.3 Å². The fourth-order valence-electron chi connectivity index (χ4n) is 1.46. The smallest absolute Gasteiger partial charge is 0.277 e. The lowest BCUT2D eigenvalue weighted by Crippen LogP contribution is -2.41. The summed E-state index contributed by atoms with van der Waals surface area (Å²) in [7, 11) is 0. The van der Waals surface area contributed by atoms with E-state index in [2.05, 4.69) is 5.32 Å². The van der Waals surface area contributed by atoms with Crippen LogP contribution in [0.5, 0.6) is 0 Å². The molecule has 2 rings (SSSR count). The topological polar surface area (TPSA) is 55.1 Å². The highest BCUT2D eigenvalue weighted by molar-refractivity contribution is 7.20. The molecule has 0 saturated carbocycles. The minimum atomic E-state index is -3.06. The van der Waals surface area contributed by atoms with Gasteiger partial charge in [0.15, 0.2) is 0 Å². The Kier molecular flexibility index (Phi) is 5.22. The highest BCUT2D eigenvalue weighted by Crippen LogP contribution is 2.25. The largest absolute Gasteiger partial charge is 0.345 e. The Morgan fingerprint density at radius 2 is 2.05 bits per heavy atom. The van der Waals surface area contributed by atoms with E-state index in [4.69, 9.17) is 5.73 Å². The van der Waals surface area contributed by atoms with Gasteiger partial charge in [0.2, 0.25) is 0 Å². The van der Waals surface area contributed by atoms with Gasteiger partial charge in [-0.25, -0.2) is 8.78 Å². The number of halogens is 3. The molecule has 1 heterocycles. The second-order valence-electron chi connectivity index (χ2n) is 3.89. The van der Waals surface area contributed by atoms with Crippen molar-refractivity contribution in [2.24, 2.45) is 5.73 Å². The van der Waals surface area contributed by atoms with Crippen molar-refractivity contribution in [2.75, 3.05) is 13.1 Å². The van der Waals surface area contributed by atoms with Gasteiger partial charge in [-0.3, -0.25) is 4.79 Å². The molecule has 0 bridgehead atoms. The van der Waals surface area contributed by atoms with Gasteiger partial charge in [0, 0.05) is 4.70 Å². The van der Waals surface area contributed by atoms with Crippen LogP contribution in [0.2, 0.25) is 0 Å². The van der Waals surface area contributed by atoms with Crippen LogP contribution in [0.1, 0.15) is 9.67 Å². The summed E-state index contributed by atoms with van der Waals surface area (Å²) in [6.45, 7) is -1.52. The van der Waals surface area contributed by atoms with Gasteiger partial charge in [-0.1, -0.05) is 18.2 Å². The van der Waals surface area contributed by atoms with Gasteiger partial charge in [-0.2, -0.15) is 0 Å². The number of benzene rings is 1. The van der Waals surface area contributed by atoms with E-state index >= 15 is 0 Å². The van der Waals surface area contributed by atoms with Gasteiger partial charge in [0.1, 0.15) is 0 Å². The summed E-state index contributed by atoms with van der Waals surface area (Å²) in [4.78, 5) is 12.1. The van der Waals surface area contributed by atoms with Crippen molar-refractivity contribution in [3.8, 4) is 0 Å². The number of hydrogen-bond acceptors (Lipinski definition) is 3. The Morgan fingerprint density at radius 1 is 1.37 bits per heavy atom. The second kappa shape index (κ2) is 6.27. The normalized spacial score (nSPS) is 11.1. The van der Waals surface area contributed by atoms with Crippen LogP contribution in [0.3, 0.4) is 0 Å². The van der Waals surface area contributed by atoms with Crippen LogP contribution in [-0.2, 0) is 0 Å². The Bertz CT molecular complexity index is 541. The molecule has 3 N–H and O–H groups in total. The van der Waals surface area contributed by atoms with E-state index in [0.29, 0.717) is 4.88 Å². The average molecular weight is 307 g/mol. The second-order valence-corrected chi connectivity index (χ2v) is 4.98. The average Bonchev–Trinajstić information content (AvgIpc) is 2.80. The zero-order chi connectivity index (χ0) is 13.2. The molecule has 0 unspecified atom stereocenters. The molecule has 0 aliphatic carbocycles. The maximum atomic E-state index is 12.9. The summed E-state index contributed by atoms with van der Waals surface area (Å²) in [5.74, 6) is -3.56. The number of nitrogens with two attached hydrogens (primary N) is 1. The fourth-order valence-corrected chi connectivity index (χ4v) is 2.44. The SMILES string of the molecule is Cl.NCC(F)(F)CNC(=O)c1cc2ccccc2s1. The van der Waals surface area contributed by atoms with Gasteiger partial charge in [-0.05, 0) is 17.5 Å². The first-order chi connectivity index (χ1) is 8.52. The number of carbonyl (C=O) groups excluding carboxylic acids is 1. The molecule has 0 atom stereocenters. The molecule has 19 heavy (non-hydrogen) atoms. The lowest BCUT2D eigenvalue weighted by atomic mass is 10.2. The maximum Gasteiger partial charge on any atom is 0.277 e. The van der Waals surface area contributed by atoms with Crippen molar-refractivity contribution in [1.29, 1.82) is 0 Å². The van der Waals surface area contributed by atoms with Crippen LogP contribution in [0, 0.1) is 0 Å². The van der Waals surface area contributed by atoms with Crippen molar-refractivity contribution in [2.45, 2.75) is 5.92 Å². The zero-order valence-corrected chi connectivity index (χ0v) is 11.5. The Balaban J connectivity index is 0.00000180. The molecule has 0 saturated heterocycles. The minimum Gasteiger partial charge on any atom is -0.345 e. The number of amides is 1. The van der Waals surface area contributed by atoms with Crippen molar-refractivity contribution < 1.29 is 13.6 Å². The van der Waals surface area contributed by atoms with E-state index in [1.807, 2.05) is 24.3 Å². The molecular weight excluding hydrogens is 294 g/mol. The first kappa shape index (κ1) is 15.8. The zero-order valence-electron chi connectivity index (χ0n) is 9.86. The van der Waals surface area contributed by atoms with E-state index in [-0.39, 0.29) is 12.4 Å². The summed E-state index contributed by atoms with van der Waals surface area (Å²) >= 11 is 1.28. The quantitative estimate of drug-likeness (QED) is 0.912. The number of carbonyl (C=O) groups is 1. The number of hydrogen-bond donors (Lipinski definition) is 2. The third-order valence-corrected chi connectivity index (χ3v) is 3.57. The monoisotopic (exact) mass is 306 g/mol. The van der Waals surface area contributed by atoms with Gasteiger partial charge in [0.05, 0.1) is 18.0 Å². The molecule has 0 fully saturated rings. The molecule has 0 radical (unpaired) electrons. The Labute approximate surface area is 119 Å². The van der Waals surface area contributed by atoms with E-state index in [1.54, 1.807) is 6.07 Å². The molecule has 2 aromatic rings. The summed E-state index contributed by atoms with van der Waals surface area (Å²) in [5, 5.41) is 3.12. The van der Waals surface area contributed by atoms with Crippen molar-refractivity contribution in [3.05, 3.63) is 35.2 Å². The summed E-state index contributed by atoms with van der Waals surface area (Å²) in [6, 6.07) is 9.17. The summed E-state index contributed by atoms with van der Waals surface area (Å²) < 4.78 is 26.7. The number of thiophene rings is 1. The van der Waals surface area contributed by atoms with E-state index in [0.717, 1.165) is 10.1 Å². The predicted octanol–water partition coefficient (Wildman–Crippen LogP) is 2.65. The van der Waals surface area contributed by atoms with E-state index in [1.165, 1.54) is 11.3 Å². The van der Waals surface area contributed by atoms with Gasteiger partial charge in [-0.15, -0.1) is 23.7 Å². The van der Waals surface area contributed by atoms with E-state index < -0.39 is 24.9 Å². The molecule has 0 aliphatic rings. The first-order valence-electron chi connectivity index (χ1n) is 5.36. The van der Waals surface area contributed by atoms with Crippen molar-refractivity contribution in [3.63, 3.8) is 0 Å². The summed E-state index contributed by atoms with van der Waals surface area (Å²) in [5.41, 5.74) is 4.89. The van der Waals surface area contributed by atoms with Gasteiger partial charge >= 0.3 is 0 Å². The Hall–Kier alpha value is -1.24. The van der Waals surface area contributed by atoms with Crippen molar-refractivity contribution in [1.82, 2.24) is 5.32 Å². The highest BCUT2D eigenvalue weighted by atomic mass is 35.5. The lowest BCUT2D eigenvalue weighted by molar-refractivity contribution is 0.0119. The molecule has 104 valence electrons. The molecule has 1 amide bonds. The Morgan fingerprint density at radius 3 is 2.68 bits per heavy atom. The fraction of sp³-hybridized carbons (Fsp3) is 0.250. The molecule has 1 aromatic carbocycles. The standard InChI is InChI=1S/C12H12F2N2OS.ClH/c13-12(14,6-15)7-16-11(17)10-5-8-3-1-2-4-9(8)18-10;/h1-5H,6-7,15H2,(H,16,17);1H. The van der Waals surface area contributed by atoms with Crippen molar-refractivity contribution >= 4 is 39.7 Å². The number of nitrogens with one attached hydrogen (secondary N) is 1. The minimum absolute atomic E-state index is 0. The lowest BCUT2D eigenvalue weighted by Gasteiger charge is -2.13. The number of alkyl halides is 2. The summed E-state index contributed by atoms with van der Waals surface area (Å²) in [6.07, 6.45) is 0. The highest BCUT2D eigenvalue weighted by Gasteiger charge is 2.27. The predicted molar refractivity (Wildman–Crippen MR) is 75.4 cm³/mol. The van der Waals surface area contributed by atoms with Gasteiger partial charge in [0.25, 0.3) is 11.8 Å². The van der Waals surface area contributed by atoms with Crippen LogP contribution >= 0.6 is 23.7 Å². The molecular formula is C12H13ClF2N2OS. The third kappa shape index (κ3) is 3.86. The van der Waals surface area contributed by atoms with Crippen LogP contribution in [-0.4, -0.2) is 24.9 Å². The molecule has 0 aliphatic heterocycles.